The van der Waals surface area contributed by atoms with Crippen LogP contribution in [0.2, 0.25) is 0 Å². The Kier molecular flexibility index (Phi) is 6.81. The Labute approximate surface area is 125 Å². The highest BCUT2D eigenvalue weighted by atomic mass is 16.5. The SMILES string of the molecule is CCC(CCN)NC(=O)c1cc(OC)c(OC)c(OC)c1. The number of nitrogens with two attached hydrogens (primary N) is 1. The second-order valence-electron chi connectivity index (χ2n) is 4.57. The van der Waals surface area contributed by atoms with Crippen molar-refractivity contribution in [3.05, 3.63) is 17.7 Å². The maximum absolute atomic E-state index is 12.3. The maximum Gasteiger partial charge on any atom is 0.251 e. The van der Waals surface area contributed by atoms with Crippen LogP contribution in [0.1, 0.15) is 30.1 Å². The molecule has 0 fully saturated rings. The van der Waals surface area contributed by atoms with Crippen LogP contribution >= 0.6 is 0 Å². The minimum Gasteiger partial charge on any atom is -0.493 e. The summed E-state index contributed by atoms with van der Waals surface area (Å²) in [7, 11) is 4.55. The third kappa shape index (κ3) is 4.26. The lowest BCUT2D eigenvalue weighted by atomic mass is 10.1. The number of ether oxygens (including phenoxy) is 3. The summed E-state index contributed by atoms with van der Waals surface area (Å²) < 4.78 is 15.7. The first-order chi connectivity index (χ1) is 10.1. The van der Waals surface area contributed by atoms with E-state index in [0.717, 1.165) is 12.8 Å². The molecule has 0 saturated heterocycles. The van der Waals surface area contributed by atoms with E-state index < -0.39 is 0 Å². The standard InChI is InChI=1S/C15H24N2O4/c1-5-11(6-7-16)17-15(18)10-8-12(19-2)14(21-4)13(9-10)20-3/h8-9,11H,5-7,16H2,1-4H3,(H,17,18). The van der Waals surface area contributed by atoms with Gasteiger partial charge in [0.25, 0.3) is 5.91 Å². The summed E-state index contributed by atoms with van der Waals surface area (Å²) >= 11 is 0. The molecule has 3 N–H and O–H groups in total. The molecule has 0 heterocycles. The molecule has 6 nitrogen and oxygen atoms in total. The lowest BCUT2D eigenvalue weighted by Crippen LogP contribution is -2.35. The molecule has 1 atom stereocenters. The zero-order valence-corrected chi connectivity index (χ0v) is 13.1. The molecule has 1 aromatic rings. The molecule has 1 unspecified atom stereocenters. The number of methoxy groups -OCH3 is 3. The van der Waals surface area contributed by atoms with Crippen molar-refractivity contribution < 1.29 is 19.0 Å². The summed E-state index contributed by atoms with van der Waals surface area (Å²) in [5.41, 5.74) is 6.00. The number of nitrogens with one attached hydrogen (secondary N) is 1. The lowest BCUT2D eigenvalue weighted by molar-refractivity contribution is 0.0933. The van der Waals surface area contributed by atoms with Crippen LogP contribution < -0.4 is 25.3 Å². The van der Waals surface area contributed by atoms with Gasteiger partial charge in [-0.15, -0.1) is 0 Å². The van der Waals surface area contributed by atoms with Gasteiger partial charge in [-0.3, -0.25) is 4.79 Å². The summed E-state index contributed by atoms with van der Waals surface area (Å²) in [5, 5.41) is 2.95. The van der Waals surface area contributed by atoms with Gasteiger partial charge in [0.1, 0.15) is 0 Å². The number of amides is 1. The third-order valence-electron chi connectivity index (χ3n) is 3.27. The second kappa shape index (κ2) is 8.36. The molecule has 6 heteroatoms. The van der Waals surface area contributed by atoms with Crippen molar-refractivity contribution in [3.8, 4) is 17.2 Å². The highest BCUT2D eigenvalue weighted by Gasteiger charge is 2.18. The molecule has 0 aliphatic heterocycles. The number of carbonyl (C=O) groups is 1. The zero-order valence-electron chi connectivity index (χ0n) is 13.1. The van der Waals surface area contributed by atoms with Gasteiger partial charge in [-0.2, -0.15) is 0 Å². The quantitative estimate of drug-likeness (QED) is 0.761. The Bertz CT molecular complexity index is 452. The van der Waals surface area contributed by atoms with Crippen LogP contribution in [-0.2, 0) is 0 Å². The van der Waals surface area contributed by atoms with Gasteiger partial charge in [-0.05, 0) is 31.5 Å². The topological polar surface area (TPSA) is 82.8 Å². The minimum atomic E-state index is -0.186. The summed E-state index contributed by atoms with van der Waals surface area (Å²) in [6.07, 6.45) is 1.57. The van der Waals surface area contributed by atoms with Crippen molar-refractivity contribution in [2.45, 2.75) is 25.8 Å². The van der Waals surface area contributed by atoms with E-state index in [-0.39, 0.29) is 11.9 Å². The van der Waals surface area contributed by atoms with E-state index in [0.29, 0.717) is 29.4 Å². The molecule has 0 aliphatic carbocycles. The fourth-order valence-electron chi connectivity index (χ4n) is 2.06. The smallest absolute Gasteiger partial charge is 0.251 e. The Balaban J connectivity index is 3.04. The van der Waals surface area contributed by atoms with E-state index in [4.69, 9.17) is 19.9 Å². The lowest BCUT2D eigenvalue weighted by Gasteiger charge is -2.18. The van der Waals surface area contributed by atoms with Crippen molar-refractivity contribution >= 4 is 5.91 Å². The van der Waals surface area contributed by atoms with Crippen molar-refractivity contribution in [2.24, 2.45) is 5.73 Å². The monoisotopic (exact) mass is 296 g/mol. The molecule has 0 saturated carbocycles. The average molecular weight is 296 g/mol. The van der Waals surface area contributed by atoms with Crippen molar-refractivity contribution in [1.82, 2.24) is 5.32 Å². The van der Waals surface area contributed by atoms with Gasteiger partial charge in [-0.25, -0.2) is 0 Å². The Morgan fingerprint density at radius 1 is 1.19 bits per heavy atom. The normalized spacial score (nSPS) is 11.7. The highest BCUT2D eigenvalue weighted by Crippen LogP contribution is 2.38. The van der Waals surface area contributed by atoms with E-state index in [9.17, 15) is 4.79 Å². The van der Waals surface area contributed by atoms with Crippen LogP contribution in [0.5, 0.6) is 17.2 Å². The van der Waals surface area contributed by atoms with Crippen molar-refractivity contribution in [3.63, 3.8) is 0 Å². The minimum absolute atomic E-state index is 0.0570. The van der Waals surface area contributed by atoms with Crippen molar-refractivity contribution in [2.75, 3.05) is 27.9 Å². The molecular weight excluding hydrogens is 272 g/mol. The first-order valence-corrected chi connectivity index (χ1v) is 6.92. The third-order valence-corrected chi connectivity index (χ3v) is 3.27. The van der Waals surface area contributed by atoms with Gasteiger partial charge in [0.2, 0.25) is 5.75 Å². The van der Waals surface area contributed by atoms with Gasteiger partial charge in [0.15, 0.2) is 11.5 Å². The molecule has 0 aliphatic rings. The molecule has 1 aromatic carbocycles. The first-order valence-electron chi connectivity index (χ1n) is 6.92. The Morgan fingerprint density at radius 2 is 1.76 bits per heavy atom. The number of benzene rings is 1. The van der Waals surface area contributed by atoms with Crippen LogP contribution in [0.15, 0.2) is 12.1 Å². The van der Waals surface area contributed by atoms with Gasteiger partial charge < -0.3 is 25.3 Å². The molecule has 0 radical (unpaired) electrons. The summed E-state index contributed by atoms with van der Waals surface area (Å²) in [5.74, 6) is 1.18. The van der Waals surface area contributed by atoms with Gasteiger partial charge in [-0.1, -0.05) is 6.92 Å². The number of hydrogen-bond donors (Lipinski definition) is 2. The molecule has 0 bridgehead atoms. The Hall–Kier alpha value is -1.95. The zero-order chi connectivity index (χ0) is 15.8. The van der Waals surface area contributed by atoms with Crippen LogP contribution in [0.3, 0.4) is 0 Å². The van der Waals surface area contributed by atoms with Gasteiger partial charge in [0.05, 0.1) is 21.3 Å². The highest BCUT2D eigenvalue weighted by molar-refractivity contribution is 5.95. The summed E-state index contributed by atoms with van der Waals surface area (Å²) in [6.45, 7) is 2.55. The maximum atomic E-state index is 12.3. The molecule has 118 valence electrons. The molecule has 1 rings (SSSR count). The van der Waals surface area contributed by atoms with Gasteiger partial charge in [0, 0.05) is 11.6 Å². The van der Waals surface area contributed by atoms with Crippen LogP contribution in [0.25, 0.3) is 0 Å². The molecular formula is C15H24N2O4. The van der Waals surface area contributed by atoms with E-state index in [1.807, 2.05) is 6.92 Å². The van der Waals surface area contributed by atoms with Crippen LogP contribution in [-0.4, -0.2) is 39.8 Å². The average Bonchev–Trinajstić information content (AvgIpc) is 2.52. The number of carbonyl (C=O) groups excluding carboxylic acids is 1. The van der Waals surface area contributed by atoms with Crippen molar-refractivity contribution in [1.29, 1.82) is 0 Å². The summed E-state index contributed by atoms with van der Waals surface area (Å²) in [6, 6.07) is 3.32. The fourth-order valence-corrected chi connectivity index (χ4v) is 2.06. The van der Waals surface area contributed by atoms with E-state index in [1.54, 1.807) is 12.1 Å². The van der Waals surface area contributed by atoms with E-state index in [2.05, 4.69) is 5.32 Å². The van der Waals surface area contributed by atoms with Crippen LogP contribution in [0.4, 0.5) is 0 Å². The Morgan fingerprint density at radius 3 is 2.14 bits per heavy atom. The molecule has 1 amide bonds. The number of rotatable bonds is 8. The molecule has 21 heavy (non-hydrogen) atoms. The second-order valence-corrected chi connectivity index (χ2v) is 4.57. The van der Waals surface area contributed by atoms with E-state index in [1.165, 1.54) is 21.3 Å². The number of hydrogen-bond acceptors (Lipinski definition) is 5. The predicted octanol–water partition coefficient (Wildman–Crippen LogP) is 1.57. The molecule has 0 aromatic heterocycles. The summed E-state index contributed by atoms with van der Waals surface area (Å²) in [4.78, 5) is 12.3. The first kappa shape index (κ1) is 17.1. The largest absolute Gasteiger partial charge is 0.493 e. The fraction of sp³-hybridized carbons (Fsp3) is 0.533. The predicted molar refractivity (Wildman–Crippen MR) is 81.3 cm³/mol. The molecule has 0 spiro atoms. The van der Waals surface area contributed by atoms with Crippen LogP contribution in [0, 0.1) is 0 Å². The van der Waals surface area contributed by atoms with Gasteiger partial charge >= 0.3 is 0 Å². The van der Waals surface area contributed by atoms with E-state index >= 15 is 0 Å².